The van der Waals surface area contributed by atoms with Crippen LogP contribution in [0.2, 0.25) is 5.02 Å². The Bertz CT molecular complexity index is 1150. The Morgan fingerprint density at radius 2 is 1.92 bits per heavy atom. The van der Waals surface area contributed by atoms with Crippen LogP contribution >= 0.6 is 11.6 Å². The Morgan fingerprint density at radius 3 is 2.80 bits per heavy atom. The van der Waals surface area contributed by atoms with Gasteiger partial charge in [-0.2, -0.15) is 0 Å². The van der Waals surface area contributed by atoms with Crippen LogP contribution in [0.15, 0.2) is 59.4 Å². The highest BCUT2D eigenvalue weighted by Gasteiger charge is 2.05. The summed E-state index contributed by atoms with van der Waals surface area (Å²) in [7, 11) is 0. The molecule has 0 saturated heterocycles. The Labute approximate surface area is 149 Å². The van der Waals surface area contributed by atoms with Crippen molar-refractivity contribution in [3.63, 3.8) is 0 Å². The van der Waals surface area contributed by atoms with E-state index in [1.54, 1.807) is 6.07 Å². The molecule has 0 fully saturated rings. The highest BCUT2D eigenvalue weighted by molar-refractivity contribution is 6.31. The molecule has 0 atom stereocenters. The molecule has 5 heteroatoms. The minimum absolute atomic E-state index is 0.0968. The molecule has 0 aliphatic rings. The first-order valence-corrected chi connectivity index (χ1v) is 8.39. The van der Waals surface area contributed by atoms with Gasteiger partial charge >= 0.3 is 0 Å². The lowest BCUT2D eigenvalue weighted by molar-refractivity contribution is 1.09. The van der Waals surface area contributed by atoms with Crippen molar-refractivity contribution >= 4 is 39.1 Å². The number of hydrogen-bond acceptors (Lipinski definition) is 3. The quantitative estimate of drug-likeness (QED) is 0.566. The van der Waals surface area contributed by atoms with Crippen molar-refractivity contribution < 1.29 is 0 Å². The number of nitrogens with one attached hydrogen (secondary N) is 2. The Balaban J connectivity index is 1.62. The van der Waals surface area contributed by atoms with Crippen molar-refractivity contribution in [2.24, 2.45) is 0 Å². The molecule has 0 unspecified atom stereocenters. The van der Waals surface area contributed by atoms with Crippen molar-refractivity contribution in [3.05, 3.63) is 81.2 Å². The predicted octanol–water partition coefficient (Wildman–Crippen LogP) is 4.65. The van der Waals surface area contributed by atoms with Gasteiger partial charge in [0.15, 0.2) is 0 Å². The van der Waals surface area contributed by atoms with E-state index in [-0.39, 0.29) is 5.56 Å². The van der Waals surface area contributed by atoms with Crippen LogP contribution in [0.25, 0.3) is 21.8 Å². The van der Waals surface area contributed by atoms with Gasteiger partial charge in [0.2, 0.25) is 0 Å². The smallest absolute Gasteiger partial charge is 0.253 e. The average molecular weight is 350 g/mol. The number of hydrogen-bond donors (Lipinski definition) is 2. The molecule has 0 bridgehead atoms. The maximum Gasteiger partial charge on any atom is 0.253 e. The maximum absolute atomic E-state index is 12.3. The van der Waals surface area contributed by atoms with E-state index < -0.39 is 0 Å². The molecular formula is C20H16ClN3O. The van der Waals surface area contributed by atoms with Crippen LogP contribution in [0.3, 0.4) is 0 Å². The molecule has 2 aromatic carbocycles. The van der Waals surface area contributed by atoms with E-state index in [0.717, 1.165) is 33.2 Å². The van der Waals surface area contributed by atoms with Crippen LogP contribution < -0.4 is 10.9 Å². The van der Waals surface area contributed by atoms with Crippen LogP contribution in [-0.4, -0.2) is 9.97 Å². The minimum atomic E-state index is -0.0968. The van der Waals surface area contributed by atoms with E-state index in [9.17, 15) is 4.79 Å². The fraction of sp³-hybridized carbons (Fsp3) is 0.100. The van der Waals surface area contributed by atoms with E-state index in [0.29, 0.717) is 17.1 Å². The van der Waals surface area contributed by atoms with Gasteiger partial charge < -0.3 is 10.3 Å². The summed E-state index contributed by atoms with van der Waals surface area (Å²) in [6.45, 7) is 2.41. The normalized spacial score (nSPS) is 11.1. The summed E-state index contributed by atoms with van der Waals surface area (Å²) >= 11 is 6.04. The number of rotatable bonds is 3. The molecule has 0 spiro atoms. The highest BCUT2D eigenvalue weighted by Crippen LogP contribution is 2.20. The summed E-state index contributed by atoms with van der Waals surface area (Å²) in [6.07, 6.45) is 0. The zero-order valence-electron chi connectivity index (χ0n) is 13.6. The molecular weight excluding hydrogens is 334 g/mol. The second-order valence-electron chi connectivity index (χ2n) is 6.07. The van der Waals surface area contributed by atoms with Gasteiger partial charge in [0.05, 0.1) is 5.52 Å². The number of aryl methyl sites for hydroxylation is 1. The van der Waals surface area contributed by atoms with Crippen molar-refractivity contribution in [3.8, 4) is 0 Å². The number of nitrogens with zero attached hydrogens (tertiary/aromatic N) is 1. The van der Waals surface area contributed by atoms with E-state index >= 15 is 0 Å². The molecule has 0 aliphatic carbocycles. The largest absolute Gasteiger partial charge is 0.381 e. The number of fused-ring (bicyclic) bond motifs is 2. The number of halogens is 1. The standard InChI is InChI=1S/C20H16ClN3O/c1-12-2-3-13-10-17(5-7-18(13)23-12)22-11-15-8-14-9-16(21)4-6-19(14)24-20(15)25/h2-10,22H,11H2,1H3,(H,24,25). The third-order valence-corrected chi connectivity index (χ3v) is 4.43. The summed E-state index contributed by atoms with van der Waals surface area (Å²) < 4.78 is 0. The number of aromatic amines is 1. The number of H-pyrrole nitrogens is 1. The van der Waals surface area contributed by atoms with E-state index in [2.05, 4.69) is 15.3 Å². The maximum atomic E-state index is 12.3. The van der Waals surface area contributed by atoms with Gasteiger partial charge in [-0.3, -0.25) is 9.78 Å². The fourth-order valence-electron chi connectivity index (χ4n) is 2.89. The SMILES string of the molecule is Cc1ccc2cc(NCc3cc4cc(Cl)ccc4[nH]c3=O)ccc2n1. The molecule has 0 amide bonds. The van der Waals surface area contributed by atoms with Crippen molar-refractivity contribution in [1.29, 1.82) is 0 Å². The van der Waals surface area contributed by atoms with E-state index in [4.69, 9.17) is 11.6 Å². The summed E-state index contributed by atoms with van der Waals surface area (Å²) in [5, 5.41) is 5.94. The number of benzene rings is 2. The second-order valence-corrected chi connectivity index (χ2v) is 6.51. The molecule has 2 heterocycles. The highest BCUT2D eigenvalue weighted by atomic mass is 35.5. The van der Waals surface area contributed by atoms with Gasteiger partial charge in [-0.1, -0.05) is 17.7 Å². The van der Waals surface area contributed by atoms with Crippen LogP contribution in [-0.2, 0) is 6.54 Å². The third-order valence-electron chi connectivity index (χ3n) is 4.19. The summed E-state index contributed by atoms with van der Waals surface area (Å²) in [5.41, 5.74) is 4.25. The lowest BCUT2D eigenvalue weighted by atomic mass is 10.1. The molecule has 4 aromatic rings. The van der Waals surface area contributed by atoms with Crippen molar-refractivity contribution in [2.75, 3.05) is 5.32 Å². The molecule has 2 aromatic heterocycles. The lowest BCUT2D eigenvalue weighted by Gasteiger charge is -2.08. The van der Waals surface area contributed by atoms with Crippen molar-refractivity contribution in [2.45, 2.75) is 13.5 Å². The summed E-state index contributed by atoms with van der Waals surface area (Å²) in [4.78, 5) is 19.6. The van der Waals surface area contributed by atoms with Gasteiger partial charge in [0, 0.05) is 44.8 Å². The Morgan fingerprint density at radius 1 is 1.04 bits per heavy atom. The molecule has 4 nitrogen and oxygen atoms in total. The summed E-state index contributed by atoms with van der Waals surface area (Å²) in [5.74, 6) is 0. The first-order chi connectivity index (χ1) is 12.1. The monoisotopic (exact) mass is 349 g/mol. The Hall–Kier alpha value is -2.85. The van der Waals surface area contributed by atoms with Gasteiger partial charge in [-0.05, 0) is 55.5 Å². The van der Waals surface area contributed by atoms with Crippen LogP contribution in [0.1, 0.15) is 11.3 Å². The van der Waals surface area contributed by atoms with Crippen LogP contribution in [0.5, 0.6) is 0 Å². The zero-order valence-corrected chi connectivity index (χ0v) is 14.4. The average Bonchev–Trinajstić information content (AvgIpc) is 2.60. The number of pyridine rings is 2. The van der Waals surface area contributed by atoms with Gasteiger partial charge in [0.1, 0.15) is 0 Å². The molecule has 25 heavy (non-hydrogen) atoms. The third kappa shape index (κ3) is 3.21. The molecule has 4 rings (SSSR count). The van der Waals surface area contributed by atoms with E-state index in [1.165, 1.54) is 0 Å². The Kier molecular flexibility index (Phi) is 3.90. The first kappa shape index (κ1) is 15.7. The molecule has 2 N–H and O–H groups in total. The number of aromatic nitrogens is 2. The van der Waals surface area contributed by atoms with E-state index in [1.807, 2.05) is 55.5 Å². The molecule has 0 saturated carbocycles. The zero-order chi connectivity index (χ0) is 17.4. The van der Waals surface area contributed by atoms with Gasteiger partial charge in [-0.25, -0.2) is 0 Å². The second kappa shape index (κ2) is 6.22. The number of anilines is 1. The summed E-state index contributed by atoms with van der Waals surface area (Å²) in [6, 6.07) is 17.3. The molecule has 0 radical (unpaired) electrons. The molecule has 0 aliphatic heterocycles. The fourth-order valence-corrected chi connectivity index (χ4v) is 3.07. The topological polar surface area (TPSA) is 57.8 Å². The molecule has 124 valence electrons. The van der Waals surface area contributed by atoms with Gasteiger partial charge in [-0.15, -0.1) is 0 Å². The van der Waals surface area contributed by atoms with Gasteiger partial charge in [0.25, 0.3) is 5.56 Å². The van der Waals surface area contributed by atoms with Crippen LogP contribution in [0.4, 0.5) is 5.69 Å². The first-order valence-electron chi connectivity index (χ1n) is 8.01. The predicted molar refractivity (Wildman–Crippen MR) is 103 cm³/mol. The van der Waals surface area contributed by atoms with Crippen molar-refractivity contribution in [1.82, 2.24) is 9.97 Å². The lowest BCUT2D eigenvalue weighted by Crippen LogP contribution is -2.15. The minimum Gasteiger partial charge on any atom is -0.381 e. The van der Waals surface area contributed by atoms with Crippen LogP contribution in [0, 0.1) is 6.92 Å².